The number of ether oxygens (including phenoxy) is 1. The maximum atomic E-state index is 14.4. The van der Waals surface area contributed by atoms with Crippen molar-refractivity contribution >= 4 is 11.9 Å². The van der Waals surface area contributed by atoms with Crippen molar-refractivity contribution in [3.63, 3.8) is 0 Å². The van der Waals surface area contributed by atoms with E-state index in [1.165, 1.54) is 0 Å². The van der Waals surface area contributed by atoms with E-state index in [1.807, 2.05) is 0 Å². The van der Waals surface area contributed by atoms with Gasteiger partial charge in [-0.1, -0.05) is 18.2 Å². The van der Waals surface area contributed by atoms with Gasteiger partial charge in [0.2, 0.25) is 5.95 Å². The van der Waals surface area contributed by atoms with E-state index in [2.05, 4.69) is 19.8 Å². The van der Waals surface area contributed by atoms with E-state index in [0.29, 0.717) is 36.6 Å². The van der Waals surface area contributed by atoms with Crippen molar-refractivity contribution in [2.75, 3.05) is 44.2 Å². The van der Waals surface area contributed by atoms with Crippen LogP contribution in [-0.4, -0.2) is 65.3 Å². The predicted octanol–water partition coefficient (Wildman–Crippen LogP) is 1.85. The van der Waals surface area contributed by atoms with E-state index in [0.717, 1.165) is 26.2 Å². The molecule has 2 heterocycles. The molecule has 28 heavy (non-hydrogen) atoms. The minimum atomic E-state index is -0.448. The van der Waals surface area contributed by atoms with E-state index >= 15 is 0 Å². The first kappa shape index (κ1) is 20.2. The second-order valence-corrected chi connectivity index (χ2v) is 6.59. The smallest absolute Gasteiger partial charge is 0.307 e. The summed E-state index contributed by atoms with van der Waals surface area (Å²) in [7, 11) is 0. The van der Waals surface area contributed by atoms with Gasteiger partial charge >= 0.3 is 5.97 Å². The molecule has 1 aromatic heterocycles. The molecule has 0 atom stereocenters. The van der Waals surface area contributed by atoms with Gasteiger partial charge in [0.15, 0.2) is 0 Å². The monoisotopic (exact) mass is 388 g/mol. The first-order valence-electron chi connectivity index (χ1n) is 9.46. The molecule has 1 aliphatic rings. The molecule has 0 radical (unpaired) electrons. The molecule has 0 bridgehead atoms. The summed E-state index contributed by atoms with van der Waals surface area (Å²) in [4.78, 5) is 24.5. The summed E-state index contributed by atoms with van der Waals surface area (Å²) in [6, 6.07) is 4.90. The Balaban J connectivity index is 1.57. The fraction of sp³-hybridized carbons (Fsp3) is 0.450. The molecule has 0 saturated carbocycles. The number of aromatic nitrogens is 2. The van der Waals surface area contributed by atoms with Crippen molar-refractivity contribution in [3.05, 3.63) is 42.0 Å². The molecule has 8 heteroatoms. The lowest BCUT2D eigenvalue weighted by molar-refractivity contribution is -0.143. The average Bonchev–Trinajstić information content (AvgIpc) is 2.73. The first-order chi connectivity index (χ1) is 13.6. The largest absolute Gasteiger partial charge is 0.466 e. The number of aliphatic hydroxyl groups excluding tert-OH is 1. The molecule has 1 fully saturated rings. The van der Waals surface area contributed by atoms with Gasteiger partial charge in [0, 0.05) is 61.8 Å². The van der Waals surface area contributed by atoms with Crippen LogP contribution in [0.1, 0.15) is 18.9 Å². The molecule has 1 aromatic carbocycles. The van der Waals surface area contributed by atoms with Gasteiger partial charge < -0.3 is 14.7 Å². The van der Waals surface area contributed by atoms with Crippen molar-refractivity contribution in [1.82, 2.24) is 14.9 Å². The topological polar surface area (TPSA) is 78.8 Å². The SMILES string of the molecule is CCOC(=O)CCN1CCN(c2ncc(-c3cccc(CO)c3F)cn2)CC1. The van der Waals surface area contributed by atoms with Gasteiger partial charge in [0.25, 0.3) is 0 Å². The standard InChI is InChI=1S/C20H25FN4O3/c1-2-28-18(27)6-7-24-8-10-25(11-9-24)20-22-12-16(13-23-20)17-5-3-4-15(14-26)19(17)21/h3-5,12-13,26H,2,6-11,14H2,1H3. The molecule has 0 unspecified atom stereocenters. The van der Waals surface area contributed by atoms with Crippen molar-refractivity contribution in [3.8, 4) is 11.1 Å². The number of benzene rings is 1. The quantitative estimate of drug-likeness (QED) is 0.725. The third-order valence-electron chi connectivity index (χ3n) is 4.79. The summed E-state index contributed by atoms with van der Waals surface area (Å²) >= 11 is 0. The van der Waals surface area contributed by atoms with Gasteiger partial charge in [-0.05, 0) is 6.92 Å². The highest BCUT2D eigenvalue weighted by atomic mass is 19.1. The Kier molecular flexibility index (Phi) is 6.89. The minimum absolute atomic E-state index is 0.165. The number of hydrogen-bond donors (Lipinski definition) is 1. The number of nitrogens with zero attached hydrogens (tertiary/aromatic N) is 4. The van der Waals surface area contributed by atoms with E-state index in [-0.39, 0.29) is 18.1 Å². The van der Waals surface area contributed by atoms with Gasteiger partial charge in [0.1, 0.15) is 5.82 Å². The zero-order valence-electron chi connectivity index (χ0n) is 16.0. The highest BCUT2D eigenvalue weighted by Crippen LogP contribution is 2.25. The molecule has 1 N–H and O–H groups in total. The number of esters is 1. The summed E-state index contributed by atoms with van der Waals surface area (Å²) in [6.07, 6.45) is 3.61. The lowest BCUT2D eigenvalue weighted by atomic mass is 10.1. The number of anilines is 1. The lowest BCUT2D eigenvalue weighted by Gasteiger charge is -2.34. The Hall–Kier alpha value is -2.58. The molecule has 0 spiro atoms. The van der Waals surface area contributed by atoms with Crippen LogP contribution in [0.3, 0.4) is 0 Å². The normalized spacial score (nSPS) is 14.9. The molecular formula is C20H25FN4O3. The molecule has 0 amide bonds. The van der Waals surface area contributed by atoms with Crippen LogP contribution in [0.15, 0.2) is 30.6 Å². The fourth-order valence-corrected chi connectivity index (χ4v) is 3.20. The number of halogens is 1. The second kappa shape index (κ2) is 9.57. The van der Waals surface area contributed by atoms with E-state index in [9.17, 15) is 14.3 Å². The van der Waals surface area contributed by atoms with Crippen LogP contribution in [0.4, 0.5) is 10.3 Å². The van der Waals surface area contributed by atoms with Crippen LogP contribution in [0.2, 0.25) is 0 Å². The third-order valence-corrected chi connectivity index (χ3v) is 4.79. The van der Waals surface area contributed by atoms with Gasteiger partial charge in [-0.2, -0.15) is 0 Å². The van der Waals surface area contributed by atoms with Crippen molar-refractivity contribution in [2.45, 2.75) is 20.0 Å². The van der Waals surface area contributed by atoms with Crippen LogP contribution in [0, 0.1) is 5.82 Å². The molecule has 1 saturated heterocycles. The summed E-state index contributed by atoms with van der Waals surface area (Å²) < 4.78 is 19.3. The second-order valence-electron chi connectivity index (χ2n) is 6.59. The Bertz CT molecular complexity index is 793. The Morgan fingerprint density at radius 3 is 2.57 bits per heavy atom. The Labute approximate surface area is 163 Å². The number of rotatable bonds is 7. The van der Waals surface area contributed by atoms with Gasteiger partial charge in [-0.3, -0.25) is 9.69 Å². The summed E-state index contributed by atoms with van der Waals surface area (Å²) in [5.41, 5.74) is 1.20. The van der Waals surface area contributed by atoms with Crippen LogP contribution >= 0.6 is 0 Å². The number of aliphatic hydroxyl groups is 1. The lowest BCUT2D eigenvalue weighted by Crippen LogP contribution is -2.47. The van der Waals surface area contributed by atoms with Crippen LogP contribution < -0.4 is 4.90 Å². The number of carbonyl (C=O) groups excluding carboxylic acids is 1. The van der Waals surface area contributed by atoms with Crippen LogP contribution in [0.25, 0.3) is 11.1 Å². The maximum Gasteiger partial charge on any atom is 0.307 e. The Morgan fingerprint density at radius 2 is 1.93 bits per heavy atom. The van der Waals surface area contributed by atoms with E-state index in [1.54, 1.807) is 37.5 Å². The molecule has 0 aliphatic carbocycles. The zero-order chi connectivity index (χ0) is 19.9. The summed E-state index contributed by atoms with van der Waals surface area (Å²) in [6.45, 7) is 5.71. The van der Waals surface area contributed by atoms with Crippen molar-refractivity contribution < 1.29 is 19.0 Å². The maximum absolute atomic E-state index is 14.4. The van der Waals surface area contributed by atoms with Crippen LogP contribution in [-0.2, 0) is 16.1 Å². The van der Waals surface area contributed by atoms with E-state index < -0.39 is 5.82 Å². The van der Waals surface area contributed by atoms with Gasteiger partial charge in [-0.15, -0.1) is 0 Å². The highest BCUT2D eigenvalue weighted by Gasteiger charge is 2.20. The zero-order valence-corrected chi connectivity index (χ0v) is 16.0. The van der Waals surface area contributed by atoms with Gasteiger partial charge in [-0.25, -0.2) is 14.4 Å². The molecule has 7 nitrogen and oxygen atoms in total. The summed E-state index contributed by atoms with van der Waals surface area (Å²) in [5.74, 6) is -0.00886. The minimum Gasteiger partial charge on any atom is -0.466 e. The predicted molar refractivity (Wildman–Crippen MR) is 103 cm³/mol. The molecular weight excluding hydrogens is 363 g/mol. The third kappa shape index (κ3) is 4.82. The first-order valence-corrected chi connectivity index (χ1v) is 9.46. The molecule has 2 aromatic rings. The average molecular weight is 388 g/mol. The number of piperazine rings is 1. The van der Waals surface area contributed by atoms with Gasteiger partial charge in [0.05, 0.1) is 19.6 Å². The van der Waals surface area contributed by atoms with Crippen molar-refractivity contribution in [1.29, 1.82) is 0 Å². The Morgan fingerprint density at radius 1 is 1.21 bits per heavy atom. The molecule has 1 aliphatic heterocycles. The highest BCUT2D eigenvalue weighted by molar-refractivity contribution is 5.69. The number of carbonyl (C=O) groups is 1. The molecule has 150 valence electrons. The van der Waals surface area contributed by atoms with E-state index in [4.69, 9.17) is 4.74 Å². The van der Waals surface area contributed by atoms with Crippen LogP contribution in [0.5, 0.6) is 0 Å². The number of hydrogen-bond acceptors (Lipinski definition) is 7. The van der Waals surface area contributed by atoms with Crippen molar-refractivity contribution in [2.24, 2.45) is 0 Å². The summed E-state index contributed by atoms with van der Waals surface area (Å²) in [5, 5.41) is 9.21. The molecule has 3 rings (SSSR count). The fourth-order valence-electron chi connectivity index (χ4n) is 3.20.